The van der Waals surface area contributed by atoms with Gasteiger partial charge in [0.25, 0.3) is 5.56 Å². The molecule has 0 aliphatic heterocycles. The first-order valence-corrected chi connectivity index (χ1v) is 12.7. The number of hydrogen-bond acceptors (Lipinski definition) is 6. The molecule has 10 heteroatoms. The van der Waals surface area contributed by atoms with Crippen LogP contribution >= 0.6 is 23.2 Å². The van der Waals surface area contributed by atoms with Gasteiger partial charge in [0.1, 0.15) is 10.8 Å². The molecule has 0 aliphatic rings. The standard InChI is InChI=1S/C28H28Cl2N4O4/c1-5-38-28(36)26-24(17(2)34(32-26)15-18-6-12-22(37-4)13-7-18)25(19-8-10-20(29)11-9-19)31-21-14-23(30)27(35)33(3)16-21/h6-14,16,25,31H,5,15H2,1-4H3. The van der Waals surface area contributed by atoms with Gasteiger partial charge in [0, 0.05) is 29.5 Å². The number of carbonyl (C=O) groups excluding carboxylic acids is 1. The van der Waals surface area contributed by atoms with Crippen molar-refractivity contribution >= 4 is 34.9 Å². The van der Waals surface area contributed by atoms with Crippen LogP contribution < -0.4 is 15.6 Å². The lowest BCUT2D eigenvalue weighted by molar-refractivity contribution is 0.0517. The molecule has 0 saturated carbocycles. The summed E-state index contributed by atoms with van der Waals surface area (Å²) in [4.78, 5) is 25.3. The summed E-state index contributed by atoms with van der Waals surface area (Å²) in [5.74, 6) is 0.222. The van der Waals surface area contributed by atoms with Gasteiger partial charge in [-0.15, -0.1) is 0 Å². The Morgan fingerprint density at radius 2 is 1.79 bits per heavy atom. The molecule has 0 amide bonds. The third-order valence-electron chi connectivity index (χ3n) is 6.16. The highest BCUT2D eigenvalue weighted by atomic mass is 35.5. The lowest BCUT2D eigenvalue weighted by Crippen LogP contribution is -2.21. The quantitative estimate of drug-likeness (QED) is 0.270. The van der Waals surface area contributed by atoms with Crippen LogP contribution in [0.25, 0.3) is 0 Å². The van der Waals surface area contributed by atoms with Gasteiger partial charge in [-0.2, -0.15) is 5.10 Å². The van der Waals surface area contributed by atoms with Crippen LogP contribution in [0.3, 0.4) is 0 Å². The van der Waals surface area contributed by atoms with Crippen LogP contribution in [-0.4, -0.2) is 34.0 Å². The first-order chi connectivity index (χ1) is 18.2. The number of rotatable bonds is 9. The number of ether oxygens (including phenoxy) is 2. The molecule has 0 radical (unpaired) electrons. The maximum atomic E-state index is 13.1. The number of anilines is 1. The van der Waals surface area contributed by atoms with Gasteiger partial charge in [-0.05, 0) is 55.3 Å². The Hall–Kier alpha value is -3.75. The molecular weight excluding hydrogens is 527 g/mol. The lowest BCUT2D eigenvalue weighted by Gasteiger charge is -2.22. The minimum atomic E-state index is -0.537. The fourth-order valence-corrected chi connectivity index (χ4v) is 4.58. The van der Waals surface area contributed by atoms with E-state index in [9.17, 15) is 9.59 Å². The van der Waals surface area contributed by atoms with E-state index in [1.165, 1.54) is 4.57 Å². The molecule has 4 rings (SSSR count). The van der Waals surface area contributed by atoms with Crippen LogP contribution in [0, 0.1) is 6.92 Å². The molecule has 8 nitrogen and oxygen atoms in total. The number of aryl methyl sites for hydroxylation is 1. The maximum Gasteiger partial charge on any atom is 0.359 e. The number of aromatic nitrogens is 3. The molecule has 0 fully saturated rings. The van der Waals surface area contributed by atoms with Crippen LogP contribution in [0.1, 0.15) is 45.8 Å². The van der Waals surface area contributed by atoms with Crippen molar-refractivity contribution in [2.75, 3.05) is 19.0 Å². The Balaban J connectivity index is 1.86. The van der Waals surface area contributed by atoms with E-state index >= 15 is 0 Å². The molecule has 4 aromatic rings. The third-order valence-corrected chi connectivity index (χ3v) is 6.68. The number of nitrogens with one attached hydrogen (secondary N) is 1. The van der Waals surface area contributed by atoms with Crippen molar-refractivity contribution in [3.8, 4) is 5.75 Å². The number of hydrogen-bond donors (Lipinski definition) is 1. The van der Waals surface area contributed by atoms with E-state index in [0.29, 0.717) is 22.8 Å². The topological polar surface area (TPSA) is 87.4 Å². The van der Waals surface area contributed by atoms with Crippen molar-refractivity contribution in [1.82, 2.24) is 14.3 Å². The van der Waals surface area contributed by atoms with E-state index in [-0.39, 0.29) is 22.9 Å². The normalized spacial score (nSPS) is 11.7. The van der Waals surface area contributed by atoms with Crippen LogP contribution in [0.2, 0.25) is 10.0 Å². The van der Waals surface area contributed by atoms with Gasteiger partial charge in [0.2, 0.25) is 0 Å². The summed E-state index contributed by atoms with van der Waals surface area (Å²) in [7, 11) is 3.24. The van der Waals surface area contributed by atoms with Gasteiger partial charge in [-0.3, -0.25) is 9.48 Å². The minimum Gasteiger partial charge on any atom is -0.497 e. The summed E-state index contributed by atoms with van der Waals surface area (Å²) in [6.07, 6.45) is 1.65. The minimum absolute atomic E-state index is 0.0740. The van der Waals surface area contributed by atoms with Crippen LogP contribution in [0.4, 0.5) is 5.69 Å². The van der Waals surface area contributed by atoms with E-state index in [1.54, 1.807) is 50.2 Å². The molecule has 198 valence electrons. The van der Waals surface area contributed by atoms with E-state index in [0.717, 1.165) is 22.6 Å². The third kappa shape index (κ3) is 5.87. The van der Waals surface area contributed by atoms with Crippen LogP contribution in [0.15, 0.2) is 65.6 Å². The van der Waals surface area contributed by atoms with Crippen molar-refractivity contribution in [1.29, 1.82) is 0 Å². The van der Waals surface area contributed by atoms with E-state index in [4.69, 9.17) is 32.7 Å². The number of benzene rings is 2. The molecule has 0 aliphatic carbocycles. The summed E-state index contributed by atoms with van der Waals surface area (Å²) in [5.41, 5.74) is 3.71. The summed E-state index contributed by atoms with van der Waals surface area (Å²) in [6, 6.07) is 16.0. The summed E-state index contributed by atoms with van der Waals surface area (Å²) in [6.45, 7) is 4.30. The van der Waals surface area contributed by atoms with Crippen LogP contribution in [0.5, 0.6) is 5.75 Å². The monoisotopic (exact) mass is 554 g/mol. The smallest absolute Gasteiger partial charge is 0.359 e. The van der Waals surface area contributed by atoms with Crippen molar-refractivity contribution in [2.45, 2.75) is 26.4 Å². The van der Waals surface area contributed by atoms with Crippen molar-refractivity contribution in [3.63, 3.8) is 0 Å². The summed E-state index contributed by atoms with van der Waals surface area (Å²) < 4.78 is 13.8. The molecule has 0 bridgehead atoms. The summed E-state index contributed by atoms with van der Waals surface area (Å²) in [5, 5.41) is 8.78. The zero-order chi connectivity index (χ0) is 27.4. The highest BCUT2D eigenvalue weighted by molar-refractivity contribution is 6.30. The molecule has 0 saturated heterocycles. The van der Waals surface area contributed by atoms with Gasteiger partial charge in [-0.1, -0.05) is 47.5 Å². The molecule has 2 aromatic carbocycles. The molecule has 38 heavy (non-hydrogen) atoms. The largest absolute Gasteiger partial charge is 0.497 e. The van der Waals surface area contributed by atoms with E-state index < -0.39 is 12.0 Å². The van der Waals surface area contributed by atoms with E-state index in [2.05, 4.69) is 10.4 Å². The van der Waals surface area contributed by atoms with Crippen LogP contribution in [-0.2, 0) is 18.3 Å². The van der Waals surface area contributed by atoms with Gasteiger partial charge in [0.15, 0.2) is 5.69 Å². The molecule has 1 atom stereocenters. The first kappa shape index (κ1) is 27.3. The number of pyridine rings is 1. The Labute approximate surface area is 230 Å². The van der Waals surface area contributed by atoms with E-state index in [1.807, 2.05) is 43.3 Å². The van der Waals surface area contributed by atoms with Crippen molar-refractivity contribution in [3.05, 3.63) is 109 Å². The fraction of sp³-hybridized carbons (Fsp3) is 0.250. The lowest BCUT2D eigenvalue weighted by atomic mass is 9.96. The predicted octanol–water partition coefficient (Wildman–Crippen LogP) is 5.63. The first-order valence-electron chi connectivity index (χ1n) is 12.0. The Bertz CT molecular complexity index is 1470. The molecule has 2 heterocycles. The van der Waals surface area contributed by atoms with Crippen molar-refractivity contribution in [2.24, 2.45) is 7.05 Å². The highest BCUT2D eigenvalue weighted by Crippen LogP contribution is 2.33. The number of nitrogens with zero attached hydrogens (tertiary/aromatic N) is 3. The second kappa shape index (κ2) is 11.8. The Morgan fingerprint density at radius 1 is 1.11 bits per heavy atom. The van der Waals surface area contributed by atoms with Gasteiger partial charge in [-0.25, -0.2) is 4.79 Å². The Morgan fingerprint density at radius 3 is 2.39 bits per heavy atom. The van der Waals surface area contributed by atoms with Gasteiger partial charge < -0.3 is 19.4 Å². The second-order valence-corrected chi connectivity index (χ2v) is 9.54. The molecule has 2 aromatic heterocycles. The molecule has 1 unspecified atom stereocenters. The highest BCUT2D eigenvalue weighted by Gasteiger charge is 2.29. The predicted molar refractivity (Wildman–Crippen MR) is 149 cm³/mol. The maximum absolute atomic E-state index is 13.1. The average Bonchev–Trinajstić information content (AvgIpc) is 3.22. The molecular formula is C28H28Cl2N4O4. The number of halogens is 2. The van der Waals surface area contributed by atoms with Crippen molar-refractivity contribution < 1.29 is 14.3 Å². The Kier molecular flexibility index (Phi) is 8.44. The second-order valence-electron chi connectivity index (χ2n) is 8.70. The summed E-state index contributed by atoms with van der Waals surface area (Å²) >= 11 is 12.4. The zero-order valence-corrected chi connectivity index (χ0v) is 23.0. The fourth-order valence-electron chi connectivity index (χ4n) is 4.21. The number of esters is 1. The van der Waals surface area contributed by atoms with Gasteiger partial charge >= 0.3 is 5.97 Å². The number of methoxy groups -OCH3 is 1. The SMILES string of the molecule is CCOC(=O)c1nn(Cc2ccc(OC)cc2)c(C)c1C(Nc1cc(Cl)c(=O)n(C)c1)c1ccc(Cl)cc1. The van der Waals surface area contributed by atoms with Gasteiger partial charge in [0.05, 0.1) is 32.0 Å². The average molecular weight is 555 g/mol. The zero-order valence-electron chi connectivity index (χ0n) is 21.5. The molecule has 0 spiro atoms. The molecule has 1 N–H and O–H groups in total. The number of carbonyl (C=O) groups is 1.